The maximum Gasteiger partial charge on any atom is 0.172 e. The molecule has 1 aromatic carbocycles. The molecule has 0 unspecified atom stereocenters. The van der Waals surface area contributed by atoms with E-state index in [1.807, 2.05) is 19.1 Å². The second-order valence-electron chi connectivity index (χ2n) is 5.13. The van der Waals surface area contributed by atoms with Crippen molar-refractivity contribution in [2.24, 2.45) is 0 Å². The highest BCUT2D eigenvalue weighted by Gasteiger charge is 2.19. The van der Waals surface area contributed by atoms with E-state index in [1.165, 1.54) is 0 Å². The first-order valence-corrected chi connectivity index (χ1v) is 6.98. The Bertz CT molecular complexity index is 468. The molecule has 0 saturated carbocycles. The second kappa shape index (κ2) is 6.20. The standard InChI is InChI=1S/C16H22FNO/c1-4-19-15-9-5-8-14(16(15)17)13-7-6-10-18(11-13)12(2)3/h5,7-9,12H,4,6,10-11H2,1-3H3. The lowest BCUT2D eigenvalue weighted by molar-refractivity contribution is 0.247. The largest absolute Gasteiger partial charge is 0.491 e. The molecule has 0 spiro atoms. The average molecular weight is 263 g/mol. The van der Waals surface area contributed by atoms with Crippen molar-refractivity contribution in [1.29, 1.82) is 0 Å². The monoisotopic (exact) mass is 263 g/mol. The fourth-order valence-electron chi connectivity index (χ4n) is 2.43. The molecule has 0 amide bonds. The summed E-state index contributed by atoms with van der Waals surface area (Å²) in [4.78, 5) is 2.36. The number of ether oxygens (including phenoxy) is 1. The highest BCUT2D eigenvalue weighted by atomic mass is 19.1. The minimum atomic E-state index is -0.235. The molecule has 0 N–H and O–H groups in total. The summed E-state index contributed by atoms with van der Waals surface area (Å²) in [6.07, 6.45) is 3.12. The third kappa shape index (κ3) is 3.16. The summed E-state index contributed by atoms with van der Waals surface area (Å²) in [7, 11) is 0. The molecule has 2 nitrogen and oxygen atoms in total. The fourth-order valence-corrected chi connectivity index (χ4v) is 2.43. The number of hydrogen-bond acceptors (Lipinski definition) is 2. The van der Waals surface area contributed by atoms with Gasteiger partial charge in [0.1, 0.15) is 0 Å². The van der Waals surface area contributed by atoms with Crippen LogP contribution >= 0.6 is 0 Å². The SMILES string of the molecule is CCOc1cccc(C2=CCCN(C(C)C)C2)c1F. The Hall–Kier alpha value is -1.35. The molecule has 1 aliphatic rings. The first kappa shape index (κ1) is 14.1. The van der Waals surface area contributed by atoms with Crippen molar-refractivity contribution in [3.05, 3.63) is 35.7 Å². The Labute approximate surface area is 114 Å². The van der Waals surface area contributed by atoms with Gasteiger partial charge < -0.3 is 4.74 Å². The summed E-state index contributed by atoms with van der Waals surface area (Å²) in [5, 5.41) is 0. The molecule has 19 heavy (non-hydrogen) atoms. The normalized spacial score (nSPS) is 16.6. The van der Waals surface area contributed by atoms with Gasteiger partial charge in [0.2, 0.25) is 0 Å². The fraction of sp³-hybridized carbons (Fsp3) is 0.500. The molecule has 1 aliphatic heterocycles. The van der Waals surface area contributed by atoms with Crippen molar-refractivity contribution in [3.8, 4) is 5.75 Å². The van der Waals surface area contributed by atoms with E-state index in [2.05, 4.69) is 24.8 Å². The molecule has 0 saturated heterocycles. The van der Waals surface area contributed by atoms with Crippen LogP contribution in [0, 0.1) is 5.82 Å². The van der Waals surface area contributed by atoms with Crippen molar-refractivity contribution >= 4 is 5.57 Å². The molecule has 0 bridgehead atoms. The van der Waals surface area contributed by atoms with E-state index in [-0.39, 0.29) is 5.82 Å². The smallest absolute Gasteiger partial charge is 0.172 e. The maximum absolute atomic E-state index is 14.4. The molecule has 0 fully saturated rings. The van der Waals surface area contributed by atoms with Crippen LogP contribution in [-0.4, -0.2) is 30.6 Å². The zero-order valence-corrected chi connectivity index (χ0v) is 11.9. The molecule has 2 rings (SSSR count). The lowest BCUT2D eigenvalue weighted by Crippen LogP contribution is -2.35. The van der Waals surface area contributed by atoms with Gasteiger partial charge in [0, 0.05) is 24.7 Å². The van der Waals surface area contributed by atoms with Gasteiger partial charge in [-0.25, -0.2) is 4.39 Å². The molecule has 0 atom stereocenters. The van der Waals surface area contributed by atoms with Crippen molar-refractivity contribution < 1.29 is 9.13 Å². The number of rotatable bonds is 4. The van der Waals surface area contributed by atoms with Crippen molar-refractivity contribution in [3.63, 3.8) is 0 Å². The average Bonchev–Trinajstić information content (AvgIpc) is 2.41. The van der Waals surface area contributed by atoms with Gasteiger partial charge in [-0.3, -0.25) is 4.90 Å². The first-order valence-electron chi connectivity index (χ1n) is 6.98. The van der Waals surface area contributed by atoms with Crippen LogP contribution in [0.15, 0.2) is 24.3 Å². The third-order valence-electron chi connectivity index (χ3n) is 3.52. The maximum atomic E-state index is 14.4. The molecule has 3 heteroatoms. The van der Waals surface area contributed by atoms with Crippen molar-refractivity contribution in [1.82, 2.24) is 4.90 Å². The number of halogens is 1. The predicted molar refractivity (Wildman–Crippen MR) is 76.9 cm³/mol. The zero-order chi connectivity index (χ0) is 13.8. The Morgan fingerprint density at radius 1 is 1.37 bits per heavy atom. The van der Waals surface area contributed by atoms with Gasteiger partial charge in [0.15, 0.2) is 11.6 Å². The molecular formula is C16H22FNO. The van der Waals surface area contributed by atoms with Crippen LogP contribution in [0.3, 0.4) is 0 Å². The Morgan fingerprint density at radius 3 is 2.84 bits per heavy atom. The van der Waals surface area contributed by atoms with E-state index in [9.17, 15) is 4.39 Å². The Balaban J connectivity index is 2.27. The Morgan fingerprint density at radius 2 is 2.16 bits per heavy atom. The summed E-state index contributed by atoms with van der Waals surface area (Å²) in [6, 6.07) is 5.87. The van der Waals surface area contributed by atoms with Crippen LogP contribution in [0.5, 0.6) is 5.75 Å². The van der Waals surface area contributed by atoms with Crippen LogP contribution in [0.4, 0.5) is 4.39 Å². The van der Waals surface area contributed by atoms with Gasteiger partial charge >= 0.3 is 0 Å². The quantitative estimate of drug-likeness (QED) is 0.821. The lowest BCUT2D eigenvalue weighted by Gasteiger charge is -2.31. The van der Waals surface area contributed by atoms with Crippen molar-refractivity contribution in [2.75, 3.05) is 19.7 Å². The topological polar surface area (TPSA) is 12.5 Å². The van der Waals surface area contributed by atoms with Crippen LogP contribution in [0.1, 0.15) is 32.8 Å². The van der Waals surface area contributed by atoms with E-state index in [1.54, 1.807) is 6.07 Å². The minimum Gasteiger partial charge on any atom is -0.491 e. The van der Waals surface area contributed by atoms with E-state index in [0.717, 1.165) is 25.1 Å². The summed E-state index contributed by atoms with van der Waals surface area (Å²) in [5.74, 6) is 0.115. The van der Waals surface area contributed by atoms with Gasteiger partial charge in [-0.05, 0) is 38.8 Å². The third-order valence-corrected chi connectivity index (χ3v) is 3.52. The van der Waals surface area contributed by atoms with E-state index in [0.29, 0.717) is 24.0 Å². The highest BCUT2D eigenvalue weighted by Crippen LogP contribution is 2.29. The molecule has 0 radical (unpaired) electrons. The van der Waals surface area contributed by atoms with E-state index < -0.39 is 0 Å². The van der Waals surface area contributed by atoms with Crippen LogP contribution in [0.25, 0.3) is 5.57 Å². The summed E-state index contributed by atoms with van der Waals surface area (Å²) >= 11 is 0. The van der Waals surface area contributed by atoms with Gasteiger partial charge in [-0.1, -0.05) is 18.2 Å². The summed E-state index contributed by atoms with van der Waals surface area (Å²) < 4.78 is 19.7. The molecular weight excluding hydrogens is 241 g/mol. The van der Waals surface area contributed by atoms with E-state index >= 15 is 0 Å². The highest BCUT2D eigenvalue weighted by molar-refractivity contribution is 5.69. The van der Waals surface area contributed by atoms with Crippen molar-refractivity contribution in [2.45, 2.75) is 33.2 Å². The van der Waals surface area contributed by atoms with E-state index in [4.69, 9.17) is 4.74 Å². The number of benzene rings is 1. The van der Waals surface area contributed by atoms with Gasteiger partial charge in [-0.2, -0.15) is 0 Å². The first-order chi connectivity index (χ1) is 9.13. The number of nitrogens with zero attached hydrogens (tertiary/aromatic N) is 1. The molecule has 1 aromatic rings. The van der Waals surface area contributed by atoms with Crippen LogP contribution < -0.4 is 4.74 Å². The lowest BCUT2D eigenvalue weighted by atomic mass is 9.99. The summed E-state index contributed by atoms with van der Waals surface area (Å²) in [5.41, 5.74) is 1.75. The molecule has 0 aromatic heterocycles. The Kier molecular flexibility index (Phi) is 4.59. The van der Waals surface area contributed by atoms with Gasteiger partial charge in [0.05, 0.1) is 6.61 Å². The van der Waals surface area contributed by atoms with Gasteiger partial charge in [0.25, 0.3) is 0 Å². The second-order valence-corrected chi connectivity index (χ2v) is 5.13. The minimum absolute atomic E-state index is 0.235. The predicted octanol–water partition coefficient (Wildman–Crippen LogP) is 3.72. The zero-order valence-electron chi connectivity index (χ0n) is 11.9. The molecule has 104 valence electrons. The molecule has 1 heterocycles. The number of hydrogen-bond donors (Lipinski definition) is 0. The van der Waals surface area contributed by atoms with Gasteiger partial charge in [-0.15, -0.1) is 0 Å². The van der Waals surface area contributed by atoms with Crippen LogP contribution in [0.2, 0.25) is 0 Å². The molecule has 0 aliphatic carbocycles. The summed E-state index contributed by atoms with van der Waals surface area (Å²) in [6.45, 7) is 8.56. The van der Waals surface area contributed by atoms with Crippen LogP contribution in [-0.2, 0) is 0 Å².